The molecular formula is C15H18N2O. The van der Waals surface area contributed by atoms with E-state index in [9.17, 15) is 0 Å². The van der Waals surface area contributed by atoms with Crippen LogP contribution in [0.15, 0.2) is 36.5 Å². The quantitative estimate of drug-likeness (QED) is 0.879. The van der Waals surface area contributed by atoms with Crippen LogP contribution in [0.2, 0.25) is 0 Å². The van der Waals surface area contributed by atoms with E-state index >= 15 is 0 Å². The number of nitrogens with two attached hydrogens (primary N) is 1. The molecule has 3 heteroatoms. The Labute approximate surface area is 107 Å². The average Bonchev–Trinajstić information content (AvgIpc) is 2.40. The second-order valence-corrected chi connectivity index (χ2v) is 5.19. The van der Waals surface area contributed by atoms with Gasteiger partial charge in [-0.15, -0.1) is 0 Å². The molecule has 0 aliphatic carbocycles. The lowest BCUT2D eigenvalue weighted by Gasteiger charge is -2.33. The van der Waals surface area contributed by atoms with Crippen molar-refractivity contribution in [3.8, 4) is 0 Å². The number of ether oxygens (including phenoxy) is 1. The minimum Gasteiger partial charge on any atom is -0.380 e. The summed E-state index contributed by atoms with van der Waals surface area (Å²) >= 11 is 0. The summed E-state index contributed by atoms with van der Waals surface area (Å²) in [6, 6.07) is 10.3. The monoisotopic (exact) mass is 242 g/mol. The molecule has 0 radical (unpaired) electrons. The van der Waals surface area contributed by atoms with Crippen molar-refractivity contribution in [2.45, 2.75) is 24.8 Å². The SMILES string of the molecule is NC1(Cc2cccc3cccnc23)CCCOC1. The first kappa shape index (κ1) is 11.6. The standard InChI is InChI=1S/C15H18N2O/c16-15(7-3-9-18-11-15)10-13-5-1-4-12-6-2-8-17-14(12)13/h1-2,4-6,8H,3,7,9-11,16H2. The topological polar surface area (TPSA) is 48.1 Å². The summed E-state index contributed by atoms with van der Waals surface area (Å²) in [6.45, 7) is 1.49. The van der Waals surface area contributed by atoms with Crippen LogP contribution in [-0.2, 0) is 11.2 Å². The summed E-state index contributed by atoms with van der Waals surface area (Å²) in [4.78, 5) is 4.48. The fraction of sp³-hybridized carbons (Fsp3) is 0.400. The van der Waals surface area contributed by atoms with E-state index in [1.54, 1.807) is 0 Å². The van der Waals surface area contributed by atoms with E-state index in [1.165, 1.54) is 10.9 Å². The van der Waals surface area contributed by atoms with Crippen molar-refractivity contribution in [3.05, 3.63) is 42.1 Å². The molecule has 2 aromatic rings. The summed E-state index contributed by atoms with van der Waals surface area (Å²) in [5, 5.41) is 1.18. The molecule has 1 aromatic carbocycles. The van der Waals surface area contributed by atoms with Gasteiger partial charge in [0.1, 0.15) is 0 Å². The molecule has 1 atom stereocenters. The molecule has 0 spiro atoms. The first-order valence-electron chi connectivity index (χ1n) is 6.46. The van der Waals surface area contributed by atoms with Crippen LogP contribution < -0.4 is 5.73 Å². The van der Waals surface area contributed by atoms with Crippen molar-refractivity contribution >= 4 is 10.9 Å². The van der Waals surface area contributed by atoms with Gasteiger partial charge >= 0.3 is 0 Å². The molecule has 0 saturated carbocycles. The Morgan fingerprint density at radius 1 is 1.28 bits per heavy atom. The molecule has 3 nitrogen and oxygen atoms in total. The van der Waals surface area contributed by atoms with Gasteiger partial charge in [0.2, 0.25) is 0 Å². The van der Waals surface area contributed by atoms with E-state index in [0.717, 1.165) is 31.4 Å². The predicted octanol–water partition coefficient (Wildman–Crippen LogP) is 2.29. The first-order chi connectivity index (χ1) is 8.77. The molecule has 0 amide bonds. The molecule has 0 bridgehead atoms. The molecule has 18 heavy (non-hydrogen) atoms. The highest BCUT2D eigenvalue weighted by Gasteiger charge is 2.29. The van der Waals surface area contributed by atoms with E-state index in [-0.39, 0.29) is 5.54 Å². The van der Waals surface area contributed by atoms with Crippen LogP contribution >= 0.6 is 0 Å². The minimum atomic E-state index is -0.232. The maximum atomic E-state index is 6.43. The molecule has 1 aliphatic heterocycles. The summed E-state index contributed by atoms with van der Waals surface area (Å²) < 4.78 is 5.52. The van der Waals surface area contributed by atoms with Gasteiger partial charge in [-0.3, -0.25) is 4.98 Å². The first-order valence-corrected chi connectivity index (χ1v) is 6.46. The van der Waals surface area contributed by atoms with E-state index in [2.05, 4.69) is 29.2 Å². The Hall–Kier alpha value is -1.45. The smallest absolute Gasteiger partial charge is 0.0734 e. The van der Waals surface area contributed by atoms with Crippen LogP contribution in [0.3, 0.4) is 0 Å². The number of para-hydroxylation sites is 1. The van der Waals surface area contributed by atoms with Gasteiger partial charge in [-0.05, 0) is 30.9 Å². The average molecular weight is 242 g/mol. The van der Waals surface area contributed by atoms with Crippen molar-refractivity contribution in [3.63, 3.8) is 0 Å². The lowest BCUT2D eigenvalue weighted by molar-refractivity contribution is 0.0383. The molecular weight excluding hydrogens is 224 g/mol. The largest absolute Gasteiger partial charge is 0.380 e. The minimum absolute atomic E-state index is 0.232. The van der Waals surface area contributed by atoms with Crippen LogP contribution in [0.1, 0.15) is 18.4 Å². The Bertz CT molecular complexity index is 542. The van der Waals surface area contributed by atoms with Crippen molar-refractivity contribution in [1.82, 2.24) is 4.98 Å². The van der Waals surface area contributed by atoms with Crippen LogP contribution in [0.4, 0.5) is 0 Å². The Kier molecular flexibility index (Phi) is 3.02. The molecule has 1 aromatic heterocycles. The normalized spacial score (nSPS) is 24.3. The summed E-state index contributed by atoms with van der Waals surface area (Å²) in [6.07, 6.45) is 4.75. The number of fused-ring (bicyclic) bond motifs is 1. The van der Waals surface area contributed by atoms with Gasteiger partial charge in [-0.25, -0.2) is 0 Å². The Morgan fingerprint density at radius 3 is 3.00 bits per heavy atom. The number of rotatable bonds is 2. The third-order valence-corrected chi connectivity index (χ3v) is 3.61. The van der Waals surface area contributed by atoms with Crippen LogP contribution in [0, 0.1) is 0 Å². The molecule has 2 heterocycles. The molecule has 2 N–H and O–H groups in total. The molecule has 1 unspecified atom stereocenters. The molecule has 1 fully saturated rings. The zero-order chi connectivity index (χ0) is 12.4. The number of benzene rings is 1. The van der Waals surface area contributed by atoms with Gasteiger partial charge in [0.05, 0.1) is 12.1 Å². The second kappa shape index (κ2) is 4.67. The number of pyridine rings is 1. The Morgan fingerprint density at radius 2 is 2.17 bits per heavy atom. The van der Waals surface area contributed by atoms with Crippen molar-refractivity contribution in [2.24, 2.45) is 5.73 Å². The van der Waals surface area contributed by atoms with Crippen LogP contribution in [-0.4, -0.2) is 23.7 Å². The zero-order valence-corrected chi connectivity index (χ0v) is 10.4. The van der Waals surface area contributed by atoms with Gasteiger partial charge in [0, 0.05) is 23.7 Å². The van der Waals surface area contributed by atoms with E-state index < -0.39 is 0 Å². The summed E-state index contributed by atoms with van der Waals surface area (Å²) in [5.74, 6) is 0. The van der Waals surface area contributed by atoms with E-state index in [4.69, 9.17) is 10.5 Å². The highest BCUT2D eigenvalue weighted by atomic mass is 16.5. The fourth-order valence-electron chi connectivity index (χ4n) is 2.70. The van der Waals surface area contributed by atoms with E-state index in [0.29, 0.717) is 6.61 Å². The maximum Gasteiger partial charge on any atom is 0.0734 e. The maximum absolute atomic E-state index is 6.43. The van der Waals surface area contributed by atoms with Gasteiger partial charge < -0.3 is 10.5 Å². The lowest BCUT2D eigenvalue weighted by Crippen LogP contribution is -2.49. The summed E-state index contributed by atoms with van der Waals surface area (Å²) in [7, 11) is 0. The van der Waals surface area contributed by atoms with Crippen molar-refractivity contribution in [1.29, 1.82) is 0 Å². The molecule has 1 saturated heterocycles. The predicted molar refractivity (Wildman–Crippen MR) is 72.4 cm³/mol. The number of nitrogens with zero attached hydrogens (tertiary/aromatic N) is 1. The van der Waals surface area contributed by atoms with Gasteiger partial charge in [0.15, 0.2) is 0 Å². The number of aromatic nitrogens is 1. The van der Waals surface area contributed by atoms with E-state index in [1.807, 2.05) is 12.3 Å². The highest BCUT2D eigenvalue weighted by Crippen LogP contribution is 2.25. The highest BCUT2D eigenvalue weighted by molar-refractivity contribution is 5.81. The third kappa shape index (κ3) is 2.24. The van der Waals surface area contributed by atoms with Crippen LogP contribution in [0.5, 0.6) is 0 Å². The fourth-order valence-corrected chi connectivity index (χ4v) is 2.70. The van der Waals surface area contributed by atoms with Gasteiger partial charge in [-0.2, -0.15) is 0 Å². The summed E-state index contributed by atoms with van der Waals surface area (Å²) in [5.41, 5.74) is 8.49. The van der Waals surface area contributed by atoms with Gasteiger partial charge in [-0.1, -0.05) is 24.3 Å². The third-order valence-electron chi connectivity index (χ3n) is 3.61. The zero-order valence-electron chi connectivity index (χ0n) is 10.4. The number of hydrogen-bond acceptors (Lipinski definition) is 3. The van der Waals surface area contributed by atoms with Crippen LogP contribution in [0.25, 0.3) is 10.9 Å². The molecule has 3 rings (SSSR count). The van der Waals surface area contributed by atoms with Crippen molar-refractivity contribution < 1.29 is 4.74 Å². The second-order valence-electron chi connectivity index (χ2n) is 5.19. The molecule has 1 aliphatic rings. The van der Waals surface area contributed by atoms with Crippen molar-refractivity contribution in [2.75, 3.05) is 13.2 Å². The molecule has 94 valence electrons. The van der Waals surface area contributed by atoms with Gasteiger partial charge in [0.25, 0.3) is 0 Å². The lowest BCUT2D eigenvalue weighted by atomic mass is 9.86. The Balaban J connectivity index is 1.94. The number of hydrogen-bond donors (Lipinski definition) is 1.